The highest BCUT2D eigenvalue weighted by molar-refractivity contribution is 5.89. The molecule has 1 N–H and O–H groups in total. The molecule has 0 unspecified atom stereocenters. The Morgan fingerprint density at radius 1 is 1.04 bits per heavy atom. The number of carbonyl (C=O) groups is 2. The van der Waals surface area contributed by atoms with Crippen LogP contribution in [0.3, 0.4) is 0 Å². The number of carbonyl (C=O) groups excluding carboxylic acids is 1. The van der Waals surface area contributed by atoms with E-state index in [4.69, 9.17) is 4.74 Å². The summed E-state index contributed by atoms with van der Waals surface area (Å²) < 4.78 is 5.75. The Bertz CT molecular complexity index is 825. The molecule has 5 heteroatoms. The number of piperidine rings is 1. The molecule has 0 bridgehead atoms. The van der Waals surface area contributed by atoms with Crippen molar-refractivity contribution in [1.29, 1.82) is 0 Å². The van der Waals surface area contributed by atoms with E-state index < -0.39 is 5.97 Å². The lowest BCUT2D eigenvalue weighted by molar-refractivity contribution is -0.134. The second-order valence-corrected chi connectivity index (χ2v) is 7.24. The van der Waals surface area contributed by atoms with Gasteiger partial charge in [-0.2, -0.15) is 0 Å². The first kappa shape index (κ1) is 19.9. The Hall–Kier alpha value is -2.82. The van der Waals surface area contributed by atoms with Crippen molar-refractivity contribution in [1.82, 2.24) is 4.90 Å². The highest BCUT2D eigenvalue weighted by Crippen LogP contribution is 2.24. The Labute approximate surface area is 165 Å². The highest BCUT2D eigenvalue weighted by atomic mass is 16.5. The molecule has 2 aromatic rings. The lowest BCUT2D eigenvalue weighted by Crippen LogP contribution is -2.41. The van der Waals surface area contributed by atoms with E-state index in [1.165, 1.54) is 0 Å². The van der Waals surface area contributed by atoms with Gasteiger partial charge in [0.1, 0.15) is 5.75 Å². The lowest BCUT2D eigenvalue weighted by Gasteiger charge is -2.32. The van der Waals surface area contributed by atoms with Gasteiger partial charge >= 0.3 is 5.97 Å². The zero-order chi connectivity index (χ0) is 19.9. The van der Waals surface area contributed by atoms with E-state index in [1.807, 2.05) is 41.3 Å². The monoisotopic (exact) mass is 381 g/mol. The number of amides is 1. The van der Waals surface area contributed by atoms with E-state index in [0.29, 0.717) is 24.6 Å². The van der Waals surface area contributed by atoms with E-state index in [9.17, 15) is 14.7 Å². The third-order valence-electron chi connectivity index (χ3n) is 5.43. The van der Waals surface area contributed by atoms with E-state index in [-0.39, 0.29) is 12.5 Å². The van der Waals surface area contributed by atoms with Crippen molar-refractivity contribution >= 4 is 11.9 Å². The van der Waals surface area contributed by atoms with Crippen LogP contribution in [0.4, 0.5) is 0 Å². The van der Waals surface area contributed by atoms with Crippen LogP contribution in [0.5, 0.6) is 5.75 Å². The average Bonchev–Trinajstić information content (AvgIpc) is 2.73. The number of ether oxygens (including phenoxy) is 1. The molecule has 0 radical (unpaired) electrons. The molecule has 28 heavy (non-hydrogen) atoms. The van der Waals surface area contributed by atoms with Crippen LogP contribution in [-0.4, -0.2) is 41.6 Å². The first-order valence-corrected chi connectivity index (χ1v) is 9.88. The molecule has 0 aliphatic carbocycles. The van der Waals surface area contributed by atoms with Crippen LogP contribution < -0.4 is 4.74 Å². The van der Waals surface area contributed by atoms with E-state index >= 15 is 0 Å². The van der Waals surface area contributed by atoms with Gasteiger partial charge in [-0.1, -0.05) is 43.3 Å². The molecule has 1 amide bonds. The molecule has 2 aromatic carbocycles. The molecule has 1 aliphatic rings. The zero-order valence-electron chi connectivity index (χ0n) is 16.3. The van der Waals surface area contributed by atoms with Crippen LogP contribution in [0.25, 0.3) is 0 Å². The summed E-state index contributed by atoms with van der Waals surface area (Å²) in [5.74, 6) is 0.299. The summed E-state index contributed by atoms with van der Waals surface area (Å²) in [5.41, 5.74) is 2.36. The topological polar surface area (TPSA) is 66.8 Å². The van der Waals surface area contributed by atoms with Gasteiger partial charge in [-0.05, 0) is 54.9 Å². The smallest absolute Gasteiger partial charge is 0.335 e. The van der Waals surface area contributed by atoms with Crippen LogP contribution in [0.1, 0.15) is 41.3 Å². The predicted octanol–water partition coefficient (Wildman–Crippen LogP) is 3.81. The third-order valence-corrected chi connectivity index (χ3v) is 5.43. The summed E-state index contributed by atoms with van der Waals surface area (Å²) in [7, 11) is 0. The van der Waals surface area contributed by atoms with Gasteiger partial charge in [0.05, 0.1) is 5.56 Å². The molecule has 0 atom stereocenters. The van der Waals surface area contributed by atoms with Crippen LogP contribution in [0, 0.1) is 5.92 Å². The maximum atomic E-state index is 12.5. The summed E-state index contributed by atoms with van der Waals surface area (Å²) >= 11 is 0. The largest absolute Gasteiger partial charge is 0.483 e. The lowest BCUT2D eigenvalue weighted by atomic mass is 9.88. The molecule has 0 saturated carbocycles. The van der Waals surface area contributed by atoms with Gasteiger partial charge in [0.2, 0.25) is 0 Å². The fourth-order valence-electron chi connectivity index (χ4n) is 3.77. The molecule has 1 aliphatic heterocycles. The number of aromatic carboxylic acids is 1. The number of aryl methyl sites for hydroxylation is 1. The van der Waals surface area contributed by atoms with Gasteiger partial charge in [-0.15, -0.1) is 0 Å². The van der Waals surface area contributed by atoms with E-state index in [2.05, 4.69) is 6.92 Å². The van der Waals surface area contributed by atoms with E-state index in [1.54, 1.807) is 12.1 Å². The van der Waals surface area contributed by atoms with Crippen molar-refractivity contribution in [3.63, 3.8) is 0 Å². The van der Waals surface area contributed by atoms with Crippen molar-refractivity contribution in [3.05, 3.63) is 65.2 Å². The number of nitrogens with zero attached hydrogens (tertiary/aromatic N) is 1. The fourth-order valence-corrected chi connectivity index (χ4v) is 3.77. The minimum atomic E-state index is -0.882. The zero-order valence-corrected chi connectivity index (χ0v) is 16.3. The maximum Gasteiger partial charge on any atom is 0.335 e. The van der Waals surface area contributed by atoms with Crippen molar-refractivity contribution in [2.24, 2.45) is 5.92 Å². The number of hydrogen-bond donors (Lipinski definition) is 1. The average molecular weight is 381 g/mol. The summed E-state index contributed by atoms with van der Waals surface area (Å²) in [4.78, 5) is 25.7. The second-order valence-electron chi connectivity index (χ2n) is 7.24. The summed E-state index contributed by atoms with van der Waals surface area (Å²) in [5, 5.41) is 9.33. The van der Waals surface area contributed by atoms with Gasteiger partial charge in [-0.25, -0.2) is 4.79 Å². The predicted molar refractivity (Wildman–Crippen MR) is 108 cm³/mol. The molecule has 3 rings (SSSR count). The molecule has 0 spiro atoms. The SMILES string of the molecule is CCc1ccccc1OCC(=O)N1CCC(Cc2ccccc2C(=O)O)CC1. The van der Waals surface area contributed by atoms with Crippen LogP contribution in [0.15, 0.2) is 48.5 Å². The number of hydrogen-bond acceptors (Lipinski definition) is 3. The standard InChI is InChI=1S/C23H27NO4/c1-2-18-7-4-6-10-21(18)28-16-22(25)24-13-11-17(12-14-24)15-19-8-3-5-9-20(19)23(26)27/h3-10,17H,2,11-16H2,1H3,(H,26,27). The number of para-hydroxylation sites is 1. The molecule has 5 nitrogen and oxygen atoms in total. The van der Waals surface area contributed by atoms with Crippen LogP contribution >= 0.6 is 0 Å². The highest BCUT2D eigenvalue weighted by Gasteiger charge is 2.24. The van der Waals surface area contributed by atoms with Crippen molar-refractivity contribution in [2.45, 2.75) is 32.6 Å². The molecule has 1 heterocycles. The maximum absolute atomic E-state index is 12.5. The normalized spacial score (nSPS) is 14.7. The Balaban J connectivity index is 1.50. The Morgan fingerprint density at radius 3 is 2.36 bits per heavy atom. The third kappa shape index (κ3) is 4.91. The van der Waals surface area contributed by atoms with E-state index in [0.717, 1.165) is 42.6 Å². The first-order valence-electron chi connectivity index (χ1n) is 9.88. The van der Waals surface area contributed by atoms with Crippen molar-refractivity contribution < 1.29 is 19.4 Å². The minimum absolute atomic E-state index is 0.00953. The molecule has 148 valence electrons. The summed E-state index contributed by atoms with van der Waals surface area (Å²) in [6, 6.07) is 15.0. The van der Waals surface area contributed by atoms with Gasteiger partial charge in [0.25, 0.3) is 5.91 Å². The number of benzene rings is 2. The van der Waals surface area contributed by atoms with Gasteiger partial charge in [-0.3, -0.25) is 4.79 Å². The Morgan fingerprint density at radius 2 is 1.68 bits per heavy atom. The molecule has 0 aromatic heterocycles. The number of carboxylic acids is 1. The van der Waals surface area contributed by atoms with Crippen molar-refractivity contribution in [2.75, 3.05) is 19.7 Å². The van der Waals surface area contributed by atoms with Crippen molar-refractivity contribution in [3.8, 4) is 5.75 Å². The Kier molecular flexibility index (Phi) is 6.69. The first-order chi connectivity index (χ1) is 13.6. The molecule has 1 fully saturated rings. The van der Waals surface area contributed by atoms with Gasteiger partial charge < -0.3 is 14.7 Å². The van der Waals surface area contributed by atoms with Crippen LogP contribution in [0.2, 0.25) is 0 Å². The number of carboxylic acid groups (broad SMARTS) is 1. The van der Waals surface area contributed by atoms with Crippen LogP contribution in [-0.2, 0) is 17.6 Å². The fraction of sp³-hybridized carbons (Fsp3) is 0.391. The second kappa shape index (κ2) is 9.40. The minimum Gasteiger partial charge on any atom is -0.483 e. The molecule has 1 saturated heterocycles. The summed E-state index contributed by atoms with van der Waals surface area (Å²) in [6.45, 7) is 3.51. The van der Waals surface area contributed by atoms with Gasteiger partial charge in [0, 0.05) is 13.1 Å². The van der Waals surface area contributed by atoms with Gasteiger partial charge in [0.15, 0.2) is 6.61 Å². The quantitative estimate of drug-likeness (QED) is 0.792. The summed E-state index contributed by atoms with van der Waals surface area (Å²) in [6.07, 6.45) is 3.37. The number of rotatable bonds is 7. The number of likely N-dealkylation sites (tertiary alicyclic amines) is 1. The molecular weight excluding hydrogens is 354 g/mol. The molecular formula is C23H27NO4.